The maximum Gasteiger partial charge on any atom is 0.250 e. The molecule has 5 nitrogen and oxygen atoms in total. The van der Waals surface area contributed by atoms with Gasteiger partial charge in [-0.05, 0) is 6.07 Å². The smallest absolute Gasteiger partial charge is 0.250 e. The van der Waals surface area contributed by atoms with Crippen LogP contribution in [0.25, 0.3) is 11.5 Å². The van der Waals surface area contributed by atoms with E-state index in [2.05, 4.69) is 34.3 Å². The van der Waals surface area contributed by atoms with Gasteiger partial charge in [0.05, 0.1) is 11.8 Å². The fourth-order valence-electron chi connectivity index (χ4n) is 1.48. The Morgan fingerprint density at radius 3 is 2.94 bits per heavy atom. The lowest BCUT2D eigenvalue weighted by molar-refractivity contribution is 0.481. The molecule has 0 unspecified atom stereocenters. The molecule has 0 atom stereocenters. The van der Waals surface area contributed by atoms with Crippen molar-refractivity contribution in [2.75, 3.05) is 6.54 Å². The van der Waals surface area contributed by atoms with E-state index in [1.807, 2.05) is 0 Å². The molecule has 2 heterocycles. The Labute approximate surface area is 104 Å². The largest absolute Gasteiger partial charge is 0.421 e. The van der Waals surface area contributed by atoms with Crippen molar-refractivity contribution < 1.29 is 8.81 Å². The van der Waals surface area contributed by atoms with E-state index < -0.39 is 5.82 Å². The Kier molecular flexibility index (Phi) is 3.99. The summed E-state index contributed by atoms with van der Waals surface area (Å²) in [7, 11) is 0. The van der Waals surface area contributed by atoms with Gasteiger partial charge in [-0.2, -0.15) is 0 Å². The lowest BCUT2D eigenvalue weighted by atomic mass is 10.2. The van der Waals surface area contributed by atoms with Crippen LogP contribution in [-0.4, -0.2) is 27.8 Å². The first-order chi connectivity index (χ1) is 8.66. The van der Waals surface area contributed by atoms with Gasteiger partial charge in [0.25, 0.3) is 5.89 Å². The molecule has 2 rings (SSSR count). The van der Waals surface area contributed by atoms with Gasteiger partial charge in [0.1, 0.15) is 0 Å². The number of hydrogen-bond acceptors (Lipinski definition) is 5. The third-order valence-corrected chi connectivity index (χ3v) is 2.36. The summed E-state index contributed by atoms with van der Waals surface area (Å²) in [5.74, 6) is 0.219. The summed E-state index contributed by atoms with van der Waals surface area (Å²) in [5.41, 5.74) is 0.278. The summed E-state index contributed by atoms with van der Waals surface area (Å²) in [6.07, 6.45) is 3.24. The predicted octanol–water partition coefficient (Wildman–Crippen LogP) is 1.81. The number of rotatable bonds is 5. The number of hydrogen-bond donors (Lipinski definition) is 1. The van der Waals surface area contributed by atoms with Crippen molar-refractivity contribution in [2.45, 2.75) is 26.3 Å². The molecular formula is C12H15FN4O. The SMILES string of the molecule is CC(C)NCCc1nnc(-c2ccncc2F)o1. The fraction of sp³-hybridized carbons (Fsp3) is 0.417. The second kappa shape index (κ2) is 5.68. The molecule has 96 valence electrons. The minimum Gasteiger partial charge on any atom is -0.421 e. The normalized spacial score (nSPS) is 11.1. The summed E-state index contributed by atoms with van der Waals surface area (Å²) in [6, 6.07) is 1.92. The molecule has 0 bridgehead atoms. The molecule has 0 radical (unpaired) electrons. The minimum absolute atomic E-state index is 0.189. The van der Waals surface area contributed by atoms with Gasteiger partial charge in [-0.15, -0.1) is 10.2 Å². The number of halogens is 1. The third-order valence-electron chi connectivity index (χ3n) is 2.36. The van der Waals surface area contributed by atoms with Gasteiger partial charge >= 0.3 is 0 Å². The molecule has 1 N–H and O–H groups in total. The Bertz CT molecular complexity index is 512. The second-order valence-electron chi connectivity index (χ2n) is 4.22. The Balaban J connectivity index is 2.04. The third kappa shape index (κ3) is 3.10. The monoisotopic (exact) mass is 250 g/mol. The maximum atomic E-state index is 13.4. The van der Waals surface area contributed by atoms with Gasteiger partial charge in [0.15, 0.2) is 5.82 Å². The fourth-order valence-corrected chi connectivity index (χ4v) is 1.48. The number of nitrogens with zero attached hydrogens (tertiary/aromatic N) is 3. The van der Waals surface area contributed by atoms with Crippen molar-refractivity contribution in [3.63, 3.8) is 0 Å². The van der Waals surface area contributed by atoms with Crippen molar-refractivity contribution in [3.8, 4) is 11.5 Å². The van der Waals surface area contributed by atoms with Crippen molar-refractivity contribution in [1.82, 2.24) is 20.5 Å². The van der Waals surface area contributed by atoms with E-state index in [4.69, 9.17) is 4.42 Å². The summed E-state index contributed by atoms with van der Waals surface area (Å²) in [4.78, 5) is 3.67. The number of pyridine rings is 1. The molecule has 0 saturated heterocycles. The van der Waals surface area contributed by atoms with Gasteiger partial charge in [-0.3, -0.25) is 4.98 Å². The lowest BCUT2D eigenvalue weighted by Gasteiger charge is -2.04. The highest BCUT2D eigenvalue weighted by atomic mass is 19.1. The molecule has 0 fully saturated rings. The van der Waals surface area contributed by atoms with Gasteiger partial charge in [0.2, 0.25) is 5.89 Å². The van der Waals surface area contributed by atoms with Crippen molar-refractivity contribution in [3.05, 3.63) is 30.2 Å². The van der Waals surface area contributed by atoms with Gasteiger partial charge in [-0.1, -0.05) is 13.8 Å². The lowest BCUT2D eigenvalue weighted by Crippen LogP contribution is -2.25. The van der Waals surface area contributed by atoms with Crippen LogP contribution in [0, 0.1) is 5.82 Å². The van der Waals surface area contributed by atoms with Crippen molar-refractivity contribution >= 4 is 0 Å². The van der Waals surface area contributed by atoms with Crippen LogP contribution in [0.1, 0.15) is 19.7 Å². The van der Waals surface area contributed by atoms with Crippen LogP contribution in [-0.2, 0) is 6.42 Å². The molecule has 0 spiro atoms. The molecule has 0 saturated carbocycles. The Morgan fingerprint density at radius 2 is 2.22 bits per heavy atom. The molecule has 0 amide bonds. The van der Waals surface area contributed by atoms with E-state index in [0.717, 1.165) is 12.7 Å². The molecule has 6 heteroatoms. The van der Waals surface area contributed by atoms with Gasteiger partial charge in [-0.25, -0.2) is 4.39 Å². The highest BCUT2D eigenvalue weighted by molar-refractivity contribution is 5.51. The Morgan fingerprint density at radius 1 is 1.39 bits per heavy atom. The van der Waals surface area contributed by atoms with Crippen LogP contribution in [0.2, 0.25) is 0 Å². The van der Waals surface area contributed by atoms with E-state index in [1.165, 1.54) is 12.3 Å². The van der Waals surface area contributed by atoms with E-state index in [9.17, 15) is 4.39 Å². The topological polar surface area (TPSA) is 63.8 Å². The first kappa shape index (κ1) is 12.6. The van der Waals surface area contributed by atoms with Crippen molar-refractivity contribution in [1.29, 1.82) is 0 Å². The van der Waals surface area contributed by atoms with Crippen molar-refractivity contribution in [2.24, 2.45) is 0 Å². The summed E-state index contributed by atoms with van der Waals surface area (Å²) < 4.78 is 18.8. The average Bonchev–Trinajstić information content (AvgIpc) is 2.78. The van der Waals surface area contributed by atoms with E-state index in [0.29, 0.717) is 18.4 Å². The quantitative estimate of drug-likeness (QED) is 0.876. The molecule has 2 aromatic rings. The maximum absolute atomic E-state index is 13.4. The zero-order valence-electron chi connectivity index (χ0n) is 10.4. The Hall–Kier alpha value is -1.82. The highest BCUT2D eigenvalue weighted by Crippen LogP contribution is 2.19. The number of nitrogens with one attached hydrogen (secondary N) is 1. The van der Waals surface area contributed by atoms with Crippen LogP contribution < -0.4 is 5.32 Å². The molecule has 0 aliphatic heterocycles. The van der Waals surface area contributed by atoms with Gasteiger partial charge < -0.3 is 9.73 Å². The van der Waals surface area contributed by atoms with Crippen LogP contribution in [0.15, 0.2) is 22.9 Å². The van der Waals surface area contributed by atoms with E-state index in [-0.39, 0.29) is 11.5 Å². The first-order valence-corrected chi connectivity index (χ1v) is 5.82. The molecular weight excluding hydrogens is 235 g/mol. The zero-order chi connectivity index (χ0) is 13.0. The second-order valence-corrected chi connectivity index (χ2v) is 4.22. The summed E-state index contributed by atoms with van der Waals surface area (Å²) in [5, 5.41) is 11.0. The summed E-state index contributed by atoms with van der Waals surface area (Å²) in [6.45, 7) is 4.87. The standard InChI is InChI=1S/C12H15FN4O/c1-8(2)15-6-4-11-16-17-12(18-11)9-3-5-14-7-10(9)13/h3,5,7-8,15H,4,6H2,1-2H3. The van der Waals surface area contributed by atoms with Gasteiger partial charge in [0, 0.05) is 25.2 Å². The van der Waals surface area contributed by atoms with E-state index in [1.54, 1.807) is 0 Å². The van der Waals surface area contributed by atoms with Crippen LogP contribution in [0.3, 0.4) is 0 Å². The van der Waals surface area contributed by atoms with E-state index >= 15 is 0 Å². The highest BCUT2D eigenvalue weighted by Gasteiger charge is 2.12. The molecule has 0 aromatic carbocycles. The molecule has 18 heavy (non-hydrogen) atoms. The van der Waals surface area contributed by atoms with Crippen LogP contribution >= 0.6 is 0 Å². The molecule has 0 aliphatic carbocycles. The zero-order valence-corrected chi connectivity index (χ0v) is 10.4. The number of aromatic nitrogens is 3. The first-order valence-electron chi connectivity index (χ1n) is 5.82. The van der Waals surface area contributed by atoms with Crippen LogP contribution in [0.4, 0.5) is 4.39 Å². The molecule has 0 aliphatic rings. The predicted molar refractivity (Wildman–Crippen MR) is 64.3 cm³/mol. The summed E-state index contributed by atoms with van der Waals surface area (Å²) >= 11 is 0. The average molecular weight is 250 g/mol. The minimum atomic E-state index is -0.465. The molecule has 2 aromatic heterocycles. The van der Waals surface area contributed by atoms with Crippen LogP contribution in [0.5, 0.6) is 0 Å².